The molecular weight excluding hydrogens is 258 g/mol. The number of carboxylic acid groups (broad SMARTS) is 1. The summed E-state index contributed by atoms with van der Waals surface area (Å²) in [5.74, 6) is -0.533. The van der Waals surface area contributed by atoms with Crippen molar-refractivity contribution >= 4 is 17.6 Å². The molecule has 0 saturated heterocycles. The third-order valence-corrected chi connectivity index (χ3v) is 3.18. The number of ether oxygens (including phenoxy) is 1. The average Bonchev–Trinajstić information content (AvgIpc) is 2.69. The maximum absolute atomic E-state index is 12.0. The van der Waals surface area contributed by atoms with Crippen LogP contribution >= 0.6 is 0 Å². The van der Waals surface area contributed by atoms with Crippen molar-refractivity contribution < 1.29 is 19.4 Å². The Bertz CT molecular complexity index is 525. The molecule has 20 heavy (non-hydrogen) atoms. The minimum absolute atomic E-state index is 0.00399. The summed E-state index contributed by atoms with van der Waals surface area (Å²) < 4.78 is 5.49. The van der Waals surface area contributed by atoms with Gasteiger partial charge in [-0.2, -0.15) is 0 Å². The van der Waals surface area contributed by atoms with E-state index in [9.17, 15) is 9.59 Å². The number of rotatable bonds is 6. The normalized spacial score (nSPS) is 13.9. The zero-order valence-electron chi connectivity index (χ0n) is 11.8. The van der Waals surface area contributed by atoms with Gasteiger partial charge in [0.2, 0.25) is 5.91 Å². The second kappa shape index (κ2) is 6.05. The van der Waals surface area contributed by atoms with E-state index in [1.165, 1.54) is 6.07 Å². The molecule has 1 aliphatic heterocycles. The Morgan fingerprint density at radius 2 is 2.20 bits per heavy atom. The number of fused-ring (bicyclic) bond motifs is 1. The number of amides is 1. The van der Waals surface area contributed by atoms with E-state index in [4.69, 9.17) is 9.84 Å². The van der Waals surface area contributed by atoms with Gasteiger partial charge in [-0.15, -0.1) is 0 Å². The topological polar surface area (TPSA) is 66.8 Å². The summed E-state index contributed by atoms with van der Waals surface area (Å²) in [4.78, 5) is 24.6. The molecule has 1 heterocycles. The zero-order chi connectivity index (χ0) is 14.7. The van der Waals surface area contributed by atoms with E-state index in [1.54, 1.807) is 17.0 Å². The number of hydrogen-bond donors (Lipinski definition) is 1. The van der Waals surface area contributed by atoms with E-state index in [2.05, 4.69) is 13.8 Å². The molecule has 1 N–H and O–H groups in total. The molecule has 0 unspecified atom stereocenters. The Morgan fingerprint density at radius 3 is 2.85 bits per heavy atom. The lowest BCUT2D eigenvalue weighted by Gasteiger charge is -2.18. The number of anilines is 1. The van der Waals surface area contributed by atoms with Crippen LogP contribution in [-0.4, -0.2) is 36.7 Å². The lowest BCUT2D eigenvalue weighted by atomic mass is 10.1. The molecule has 0 atom stereocenters. The summed E-state index contributed by atoms with van der Waals surface area (Å²) >= 11 is 0. The van der Waals surface area contributed by atoms with Gasteiger partial charge in [0, 0.05) is 18.8 Å². The molecule has 1 aliphatic rings. The second-order valence-electron chi connectivity index (χ2n) is 5.34. The van der Waals surface area contributed by atoms with E-state index in [-0.39, 0.29) is 11.5 Å². The number of nitrogens with zero attached hydrogens (tertiary/aromatic N) is 1. The summed E-state index contributed by atoms with van der Waals surface area (Å²) in [7, 11) is 0. The summed E-state index contributed by atoms with van der Waals surface area (Å²) in [6.07, 6.45) is 0.333. The summed E-state index contributed by atoms with van der Waals surface area (Å²) in [5, 5.41) is 9.02. The number of carbonyl (C=O) groups is 2. The molecule has 0 bridgehead atoms. The summed E-state index contributed by atoms with van der Waals surface area (Å²) in [5.41, 5.74) is 1.78. The standard InChI is InChI=1S/C15H19NO4/c1-10(2)9-20-6-5-16-13-7-12(15(18)19)4-3-11(13)8-14(16)17/h3-4,7,10H,5-6,8-9H2,1-2H3,(H,18,19). The predicted molar refractivity (Wildman–Crippen MR) is 75.1 cm³/mol. The monoisotopic (exact) mass is 277 g/mol. The van der Waals surface area contributed by atoms with Gasteiger partial charge in [-0.1, -0.05) is 19.9 Å². The lowest BCUT2D eigenvalue weighted by molar-refractivity contribution is -0.117. The molecule has 5 heteroatoms. The number of carboxylic acids is 1. The van der Waals surface area contributed by atoms with Crippen LogP contribution in [0.2, 0.25) is 0 Å². The van der Waals surface area contributed by atoms with Crippen LogP contribution in [0.4, 0.5) is 5.69 Å². The Balaban J connectivity index is 2.06. The van der Waals surface area contributed by atoms with Crippen LogP contribution in [0.5, 0.6) is 0 Å². The number of aromatic carboxylic acids is 1. The first-order valence-electron chi connectivity index (χ1n) is 6.73. The van der Waals surface area contributed by atoms with Crippen molar-refractivity contribution in [1.82, 2.24) is 0 Å². The van der Waals surface area contributed by atoms with Crippen molar-refractivity contribution in [2.75, 3.05) is 24.7 Å². The third kappa shape index (κ3) is 3.17. The van der Waals surface area contributed by atoms with Crippen molar-refractivity contribution in [2.45, 2.75) is 20.3 Å². The Kier molecular flexibility index (Phi) is 4.39. The molecule has 5 nitrogen and oxygen atoms in total. The Hall–Kier alpha value is -1.88. The van der Waals surface area contributed by atoms with Crippen molar-refractivity contribution in [2.24, 2.45) is 5.92 Å². The van der Waals surface area contributed by atoms with Crippen LogP contribution in [0.3, 0.4) is 0 Å². The minimum atomic E-state index is -0.983. The highest BCUT2D eigenvalue weighted by Gasteiger charge is 2.27. The highest BCUT2D eigenvalue weighted by atomic mass is 16.5. The molecule has 0 radical (unpaired) electrons. The van der Waals surface area contributed by atoms with E-state index in [0.717, 1.165) is 5.56 Å². The summed E-state index contributed by atoms with van der Waals surface area (Å²) in [6.45, 7) is 5.71. The minimum Gasteiger partial charge on any atom is -0.478 e. The molecule has 0 aliphatic carbocycles. The van der Waals surface area contributed by atoms with E-state index >= 15 is 0 Å². The van der Waals surface area contributed by atoms with Crippen LogP contribution in [-0.2, 0) is 16.0 Å². The van der Waals surface area contributed by atoms with Gasteiger partial charge in [0.25, 0.3) is 0 Å². The summed E-state index contributed by atoms with van der Waals surface area (Å²) in [6, 6.07) is 4.81. The van der Waals surface area contributed by atoms with Crippen molar-refractivity contribution in [1.29, 1.82) is 0 Å². The van der Waals surface area contributed by atoms with Crippen LogP contribution in [0, 0.1) is 5.92 Å². The molecule has 2 rings (SSSR count). The Morgan fingerprint density at radius 1 is 1.45 bits per heavy atom. The lowest BCUT2D eigenvalue weighted by Crippen LogP contribution is -2.30. The van der Waals surface area contributed by atoms with Gasteiger partial charge in [-0.05, 0) is 23.6 Å². The first-order chi connectivity index (χ1) is 9.49. The molecule has 1 aromatic carbocycles. The fourth-order valence-corrected chi connectivity index (χ4v) is 2.21. The first-order valence-corrected chi connectivity index (χ1v) is 6.73. The molecule has 1 aromatic rings. The number of hydrogen-bond acceptors (Lipinski definition) is 3. The van der Waals surface area contributed by atoms with Gasteiger partial charge >= 0.3 is 5.97 Å². The number of carbonyl (C=O) groups excluding carboxylic acids is 1. The van der Waals surface area contributed by atoms with Gasteiger partial charge in [-0.25, -0.2) is 4.79 Å². The van der Waals surface area contributed by atoms with Crippen molar-refractivity contribution in [3.8, 4) is 0 Å². The van der Waals surface area contributed by atoms with Crippen LogP contribution in [0.1, 0.15) is 29.8 Å². The van der Waals surface area contributed by atoms with Gasteiger partial charge in [0.05, 0.1) is 18.6 Å². The van der Waals surface area contributed by atoms with Gasteiger partial charge in [-0.3, -0.25) is 4.79 Å². The highest BCUT2D eigenvalue weighted by molar-refractivity contribution is 6.03. The van der Waals surface area contributed by atoms with Crippen LogP contribution < -0.4 is 4.90 Å². The molecular formula is C15H19NO4. The SMILES string of the molecule is CC(C)COCCN1C(=O)Cc2ccc(C(=O)O)cc21. The fraction of sp³-hybridized carbons (Fsp3) is 0.467. The smallest absolute Gasteiger partial charge is 0.335 e. The largest absolute Gasteiger partial charge is 0.478 e. The average molecular weight is 277 g/mol. The molecule has 0 saturated carbocycles. The highest BCUT2D eigenvalue weighted by Crippen LogP contribution is 2.29. The van der Waals surface area contributed by atoms with Gasteiger partial charge in [0.1, 0.15) is 0 Å². The first kappa shape index (κ1) is 14.5. The van der Waals surface area contributed by atoms with E-state index < -0.39 is 5.97 Å². The zero-order valence-corrected chi connectivity index (χ0v) is 11.8. The van der Waals surface area contributed by atoms with E-state index in [0.29, 0.717) is 37.8 Å². The molecule has 1 amide bonds. The predicted octanol–water partition coefficient (Wildman–Crippen LogP) is 1.95. The number of benzene rings is 1. The third-order valence-electron chi connectivity index (χ3n) is 3.18. The fourth-order valence-electron chi connectivity index (χ4n) is 2.21. The van der Waals surface area contributed by atoms with Crippen molar-refractivity contribution in [3.05, 3.63) is 29.3 Å². The molecule has 0 spiro atoms. The van der Waals surface area contributed by atoms with Gasteiger partial charge < -0.3 is 14.7 Å². The van der Waals surface area contributed by atoms with E-state index in [1.807, 2.05) is 0 Å². The van der Waals surface area contributed by atoms with Crippen LogP contribution in [0.15, 0.2) is 18.2 Å². The van der Waals surface area contributed by atoms with Gasteiger partial charge in [0.15, 0.2) is 0 Å². The molecule has 0 aromatic heterocycles. The van der Waals surface area contributed by atoms with Crippen LogP contribution in [0.25, 0.3) is 0 Å². The molecule has 0 fully saturated rings. The van der Waals surface area contributed by atoms with Crippen molar-refractivity contribution in [3.63, 3.8) is 0 Å². The second-order valence-corrected chi connectivity index (χ2v) is 5.34. The Labute approximate surface area is 118 Å². The maximum Gasteiger partial charge on any atom is 0.335 e. The quantitative estimate of drug-likeness (QED) is 0.807. The molecule has 108 valence electrons. The maximum atomic E-state index is 12.0.